The first-order valence-electron chi connectivity index (χ1n) is 14.3. The van der Waals surface area contributed by atoms with E-state index in [-0.39, 0.29) is 23.1 Å². The van der Waals surface area contributed by atoms with Crippen molar-refractivity contribution < 1.29 is 17.6 Å². The zero-order chi connectivity index (χ0) is 30.6. The molecule has 0 aliphatic rings. The van der Waals surface area contributed by atoms with Gasteiger partial charge in [-0.1, -0.05) is 60.0 Å². The van der Waals surface area contributed by atoms with Crippen LogP contribution in [0.4, 0.5) is 0 Å². The molecule has 1 N–H and O–H groups in total. The van der Waals surface area contributed by atoms with Gasteiger partial charge in [0, 0.05) is 35.6 Å². The molecule has 0 saturated carbocycles. The summed E-state index contributed by atoms with van der Waals surface area (Å²) >= 11 is 1.57. The molecule has 1 unspecified atom stereocenters. The van der Waals surface area contributed by atoms with Crippen LogP contribution in [0.5, 0.6) is 0 Å². The molecule has 3 rings (SSSR count). The van der Waals surface area contributed by atoms with Crippen molar-refractivity contribution >= 4 is 44.5 Å². The second kappa shape index (κ2) is 16.6. The van der Waals surface area contributed by atoms with Gasteiger partial charge >= 0.3 is 0 Å². The predicted octanol–water partition coefficient (Wildman–Crippen LogP) is 7.54. The zero-order valence-corrected chi connectivity index (χ0v) is 27.3. The molecule has 1 amide bonds. The first kappa shape index (κ1) is 34.4. The smallest absolute Gasteiger partial charge is 0.241 e. The fraction of sp³-hybridized carbons (Fsp3) is 0.516. The lowest BCUT2D eigenvalue weighted by Crippen LogP contribution is -2.49. The van der Waals surface area contributed by atoms with E-state index in [1.807, 2.05) is 26.2 Å². The summed E-state index contributed by atoms with van der Waals surface area (Å²) in [4.78, 5) is 24.5. The lowest BCUT2D eigenvalue weighted by molar-refractivity contribution is -0.134. The van der Waals surface area contributed by atoms with Crippen LogP contribution in [0.1, 0.15) is 91.3 Å². The Labute approximate surface area is 250 Å². The van der Waals surface area contributed by atoms with Crippen molar-refractivity contribution in [3.8, 4) is 0 Å². The molecule has 0 spiro atoms. The number of aromatic nitrogens is 1. The molecule has 2 heterocycles. The van der Waals surface area contributed by atoms with Crippen molar-refractivity contribution in [1.82, 2.24) is 14.6 Å². The highest BCUT2D eigenvalue weighted by Crippen LogP contribution is 2.23. The monoisotopic (exact) mass is 602 g/mol. The maximum absolute atomic E-state index is 13.9. The van der Waals surface area contributed by atoms with Crippen molar-refractivity contribution in [3.63, 3.8) is 0 Å². The summed E-state index contributed by atoms with van der Waals surface area (Å²) in [5.41, 5.74) is 2.18. The van der Waals surface area contributed by atoms with Gasteiger partial charge in [-0.25, -0.2) is 13.4 Å². The van der Waals surface area contributed by atoms with E-state index in [9.17, 15) is 13.2 Å². The number of nitrogens with one attached hydrogen (secondary N) is 1. The third-order valence-corrected chi connectivity index (χ3v) is 8.78. The lowest BCUT2D eigenvalue weighted by Gasteiger charge is -2.29. The SMILES string of the molecule is CC=N/C=C(\C)CC(NS(=O)(=O)c1ccc2occc2c1)C(=O)N(Cc1csc(C(C)C)n1)CC(C)C.CCCC. The number of amides is 1. The van der Waals surface area contributed by atoms with Crippen molar-refractivity contribution in [2.24, 2.45) is 10.9 Å². The number of hydrogen-bond acceptors (Lipinski definition) is 7. The Hall–Kier alpha value is -2.82. The van der Waals surface area contributed by atoms with Crippen molar-refractivity contribution in [2.75, 3.05) is 6.54 Å². The van der Waals surface area contributed by atoms with Crippen LogP contribution in [0.15, 0.2) is 62.0 Å². The van der Waals surface area contributed by atoms with E-state index in [1.54, 1.807) is 53.8 Å². The third-order valence-electron chi connectivity index (χ3n) is 6.11. The highest BCUT2D eigenvalue weighted by Gasteiger charge is 2.31. The Morgan fingerprint density at radius 1 is 1.17 bits per heavy atom. The molecular weight excluding hydrogens is 556 g/mol. The molecule has 0 bridgehead atoms. The highest BCUT2D eigenvalue weighted by molar-refractivity contribution is 7.89. The molecule has 1 aromatic carbocycles. The van der Waals surface area contributed by atoms with Gasteiger partial charge in [-0.15, -0.1) is 11.3 Å². The maximum Gasteiger partial charge on any atom is 0.241 e. The van der Waals surface area contributed by atoms with E-state index in [2.05, 4.69) is 37.4 Å². The fourth-order valence-corrected chi connectivity index (χ4v) is 5.92. The molecule has 0 radical (unpaired) electrons. The number of unbranched alkanes of at least 4 members (excludes halogenated alkanes) is 1. The minimum atomic E-state index is -4.00. The Kier molecular flexibility index (Phi) is 13.9. The number of rotatable bonds is 13. The summed E-state index contributed by atoms with van der Waals surface area (Å²) in [6.07, 6.45) is 7.63. The van der Waals surface area contributed by atoms with Gasteiger partial charge in [-0.3, -0.25) is 9.79 Å². The Morgan fingerprint density at radius 2 is 1.88 bits per heavy atom. The summed E-state index contributed by atoms with van der Waals surface area (Å²) in [7, 11) is -4.00. The molecule has 0 saturated heterocycles. The molecule has 41 heavy (non-hydrogen) atoms. The van der Waals surface area contributed by atoms with E-state index < -0.39 is 16.1 Å². The summed E-state index contributed by atoms with van der Waals surface area (Å²) in [5.74, 6) is 0.190. The summed E-state index contributed by atoms with van der Waals surface area (Å²) in [5, 5.41) is 3.65. The number of nitrogens with zero attached hydrogens (tertiary/aromatic N) is 3. The van der Waals surface area contributed by atoms with Gasteiger partial charge in [-0.05, 0) is 50.5 Å². The average Bonchev–Trinajstić information content (AvgIpc) is 3.60. The van der Waals surface area contributed by atoms with E-state index in [1.165, 1.54) is 25.2 Å². The topological polar surface area (TPSA) is 105 Å². The second-order valence-electron chi connectivity index (χ2n) is 10.8. The van der Waals surface area contributed by atoms with Crippen molar-refractivity contribution in [1.29, 1.82) is 0 Å². The van der Waals surface area contributed by atoms with Crippen LogP contribution in [0.2, 0.25) is 0 Å². The summed E-state index contributed by atoms with van der Waals surface area (Å²) < 4.78 is 34.8. The molecule has 3 aromatic rings. The van der Waals surface area contributed by atoms with Crippen LogP contribution in [-0.4, -0.2) is 43.0 Å². The van der Waals surface area contributed by atoms with Crippen LogP contribution in [0.25, 0.3) is 11.0 Å². The molecule has 0 aliphatic carbocycles. The van der Waals surface area contributed by atoms with Crippen LogP contribution in [0.3, 0.4) is 0 Å². The number of furan rings is 1. The van der Waals surface area contributed by atoms with Gasteiger partial charge in [0.1, 0.15) is 11.6 Å². The lowest BCUT2D eigenvalue weighted by atomic mass is 10.1. The summed E-state index contributed by atoms with van der Waals surface area (Å²) in [6, 6.07) is 5.34. The maximum atomic E-state index is 13.9. The molecule has 1 atom stereocenters. The first-order valence-corrected chi connectivity index (χ1v) is 16.6. The average molecular weight is 603 g/mol. The normalized spacial score (nSPS) is 13.2. The third kappa shape index (κ3) is 10.8. The minimum Gasteiger partial charge on any atom is -0.464 e. The first-order chi connectivity index (χ1) is 19.4. The number of sulfonamides is 1. The molecule has 0 fully saturated rings. The van der Waals surface area contributed by atoms with Crippen LogP contribution >= 0.6 is 11.3 Å². The molecule has 0 aliphatic heterocycles. The molecule has 8 nitrogen and oxygen atoms in total. The van der Waals surface area contributed by atoms with Gasteiger partial charge in [0.15, 0.2) is 0 Å². The number of aliphatic imine (C=N–C) groups is 1. The number of carbonyl (C=O) groups is 1. The number of benzene rings is 1. The number of thiazole rings is 1. The fourth-order valence-electron chi connectivity index (χ4n) is 3.87. The Balaban J connectivity index is 0.00000138. The highest BCUT2D eigenvalue weighted by atomic mass is 32.2. The van der Waals surface area contributed by atoms with Gasteiger partial charge < -0.3 is 9.32 Å². The molecule has 2 aromatic heterocycles. The Bertz CT molecular complexity index is 1400. The Morgan fingerprint density at radius 3 is 2.46 bits per heavy atom. The quantitative estimate of drug-likeness (QED) is 0.204. The zero-order valence-electron chi connectivity index (χ0n) is 25.7. The van der Waals surface area contributed by atoms with Crippen LogP contribution in [0, 0.1) is 5.92 Å². The van der Waals surface area contributed by atoms with Gasteiger partial charge in [0.05, 0.1) is 28.4 Å². The van der Waals surface area contributed by atoms with Gasteiger partial charge in [-0.2, -0.15) is 4.72 Å². The van der Waals surface area contributed by atoms with Gasteiger partial charge in [0.2, 0.25) is 15.9 Å². The van der Waals surface area contributed by atoms with Crippen molar-refractivity contribution in [3.05, 3.63) is 58.4 Å². The molecule has 226 valence electrons. The number of hydrogen-bond donors (Lipinski definition) is 1. The molecule has 10 heteroatoms. The van der Waals surface area contributed by atoms with E-state index in [4.69, 9.17) is 9.40 Å². The van der Waals surface area contributed by atoms with Gasteiger partial charge in [0.25, 0.3) is 0 Å². The van der Waals surface area contributed by atoms with E-state index in [0.717, 1.165) is 16.3 Å². The van der Waals surface area contributed by atoms with Crippen molar-refractivity contribution in [2.45, 2.75) is 98.1 Å². The largest absolute Gasteiger partial charge is 0.464 e. The van der Waals surface area contributed by atoms with E-state index in [0.29, 0.717) is 30.0 Å². The summed E-state index contributed by atoms with van der Waals surface area (Å²) in [6.45, 7) is 17.0. The minimum absolute atomic E-state index is 0.0731. The number of carbonyl (C=O) groups excluding carboxylic acids is 1. The number of fused-ring (bicyclic) bond motifs is 1. The predicted molar refractivity (Wildman–Crippen MR) is 170 cm³/mol. The van der Waals surface area contributed by atoms with E-state index >= 15 is 0 Å². The molecular formula is C31H46N4O4S2. The second-order valence-corrected chi connectivity index (χ2v) is 13.4. The van der Waals surface area contributed by atoms with Crippen LogP contribution in [-0.2, 0) is 21.4 Å². The standard InChI is InChI=1S/C27H36N4O4S2.C4H10/c1-7-28-14-20(6)12-24(30-37(33,34)23-8-9-25-21(13-23)10-11-35-25)27(32)31(15-18(2)3)16-22-17-36-26(29-22)19(4)5;1-3-4-2/h7-11,13-14,17-19,24,30H,12,15-16H2,1-6H3;3-4H2,1-2H3/b20-14+,28-7?;. The van der Waals surface area contributed by atoms with Crippen LogP contribution < -0.4 is 4.72 Å².